The molecule has 2 aromatic carbocycles. The molecule has 0 fully saturated rings. The summed E-state index contributed by atoms with van der Waals surface area (Å²) in [5.74, 6) is 0.171. The highest BCUT2D eigenvalue weighted by atomic mass is 32.1. The molecule has 0 radical (unpaired) electrons. The van der Waals surface area contributed by atoms with Crippen molar-refractivity contribution in [3.8, 4) is 11.6 Å². The molecule has 3 nitrogen and oxygen atoms in total. The minimum Gasteiger partial charge on any atom is -0.493 e. The van der Waals surface area contributed by atoms with E-state index in [0.29, 0.717) is 3.95 Å². The van der Waals surface area contributed by atoms with Crippen LogP contribution < -0.4 is 0 Å². The number of aromatic hydroxyl groups is 1. The average Bonchev–Trinajstić information content (AvgIpc) is 3.11. The van der Waals surface area contributed by atoms with Crippen molar-refractivity contribution in [1.82, 2.24) is 4.57 Å². The molecule has 24 heavy (non-hydrogen) atoms. The number of benzene rings is 2. The van der Waals surface area contributed by atoms with Crippen LogP contribution in [0, 0.1) is 10.9 Å². The lowest BCUT2D eigenvalue weighted by Gasteiger charge is -2.08. The second-order valence-corrected chi connectivity index (χ2v) is 7.23. The summed E-state index contributed by atoms with van der Waals surface area (Å²) in [6.45, 7) is 2.01. The molecule has 4 rings (SSSR count). The summed E-state index contributed by atoms with van der Waals surface area (Å²) < 4.78 is 2.34. The number of rotatable bonds is 2. The SMILES string of the molecule is Cc1ccccc1-n1c(O)c(/C=C2\C=Nc3ccccc32)sc1=S. The monoisotopic (exact) mass is 350 g/mol. The molecule has 3 aromatic rings. The fourth-order valence-electron chi connectivity index (χ4n) is 2.80. The van der Waals surface area contributed by atoms with Gasteiger partial charge in [-0.3, -0.25) is 9.56 Å². The zero-order valence-corrected chi connectivity index (χ0v) is 14.6. The van der Waals surface area contributed by atoms with Gasteiger partial charge in [-0.05, 0) is 42.9 Å². The summed E-state index contributed by atoms with van der Waals surface area (Å²) in [6, 6.07) is 15.8. The van der Waals surface area contributed by atoms with Crippen LogP contribution in [0.25, 0.3) is 17.3 Å². The fourth-order valence-corrected chi connectivity index (χ4v) is 4.08. The van der Waals surface area contributed by atoms with Crippen LogP contribution in [-0.2, 0) is 0 Å². The van der Waals surface area contributed by atoms with Crippen LogP contribution in [0.15, 0.2) is 53.5 Å². The van der Waals surface area contributed by atoms with E-state index in [1.165, 1.54) is 11.3 Å². The molecule has 5 heteroatoms. The molecule has 0 unspecified atom stereocenters. The molecule has 2 heterocycles. The van der Waals surface area contributed by atoms with E-state index >= 15 is 0 Å². The van der Waals surface area contributed by atoms with Gasteiger partial charge >= 0.3 is 0 Å². The Balaban J connectivity index is 1.84. The Labute approximate surface area is 148 Å². The molecule has 0 bridgehead atoms. The minimum absolute atomic E-state index is 0.171. The van der Waals surface area contributed by atoms with Crippen LogP contribution in [0.5, 0.6) is 5.88 Å². The number of aryl methyl sites for hydroxylation is 1. The van der Waals surface area contributed by atoms with E-state index in [1.807, 2.05) is 67.7 Å². The predicted molar refractivity (Wildman–Crippen MR) is 103 cm³/mol. The Bertz CT molecular complexity index is 1060. The van der Waals surface area contributed by atoms with Crippen LogP contribution in [0.4, 0.5) is 5.69 Å². The Hall–Kier alpha value is -2.50. The summed E-state index contributed by atoms with van der Waals surface area (Å²) in [4.78, 5) is 5.14. The first-order chi connectivity index (χ1) is 11.6. The van der Waals surface area contributed by atoms with Crippen molar-refractivity contribution in [1.29, 1.82) is 0 Å². The number of hydrogen-bond acceptors (Lipinski definition) is 4. The summed E-state index contributed by atoms with van der Waals surface area (Å²) in [7, 11) is 0. The number of fused-ring (bicyclic) bond motifs is 1. The quantitative estimate of drug-likeness (QED) is 0.616. The Morgan fingerprint density at radius 2 is 1.88 bits per heavy atom. The number of thiazole rings is 1. The van der Waals surface area contributed by atoms with Gasteiger partial charge in [0.1, 0.15) is 0 Å². The average molecular weight is 350 g/mol. The molecule has 0 spiro atoms. The molecule has 0 saturated carbocycles. The maximum absolute atomic E-state index is 10.7. The van der Waals surface area contributed by atoms with Crippen LogP contribution in [0.3, 0.4) is 0 Å². The molecule has 118 valence electrons. The molecule has 1 aliphatic rings. The lowest BCUT2D eigenvalue weighted by molar-refractivity contribution is 0.441. The van der Waals surface area contributed by atoms with Crippen molar-refractivity contribution in [2.45, 2.75) is 6.92 Å². The smallest absolute Gasteiger partial charge is 0.215 e. The number of nitrogens with zero attached hydrogens (tertiary/aromatic N) is 2. The van der Waals surface area contributed by atoms with Gasteiger partial charge in [-0.1, -0.05) is 36.4 Å². The normalized spacial score (nSPS) is 14.3. The van der Waals surface area contributed by atoms with Crippen LogP contribution >= 0.6 is 23.6 Å². The van der Waals surface area contributed by atoms with Crippen molar-refractivity contribution in [3.63, 3.8) is 0 Å². The Kier molecular flexibility index (Phi) is 3.67. The summed E-state index contributed by atoms with van der Waals surface area (Å²) >= 11 is 6.88. The highest BCUT2D eigenvalue weighted by molar-refractivity contribution is 7.73. The molecule has 0 saturated heterocycles. The summed E-state index contributed by atoms with van der Waals surface area (Å²) in [5.41, 5.74) is 4.97. The molecule has 0 aliphatic carbocycles. The maximum atomic E-state index is 10.7. The number of allylic oxidation sites excluding steroid dienone is 1. The first-order valence-corrected chi connectivity index (χ1v) is 8.73. The molecule has 0 amide bonds. The van der Waals surface area contributed by atoms with Gasteiger partial charge in [-0.25, -0.2) is 0 Å². The largest absolute Gasteiger partial charge is 0.493 e. The van der Waals surface area contributed by atoms with Crippen LogP contribution in [0.2, 0.25) is 0 Å². The molecule has 1 aliphatic heterocycles. The van der Waals surface area contributed by atoms with Crippen LogP contribution in [0.1, 0.15) is 16.0 Å². The third kappa shape index (κ3) is 2.42. The van der Waals surface area contributed by atoms with Gasteiger partial charge in [0.25, 0.3) is 0 Å². The molecular formula is C19H14N2OS2. The van der Waals surface area contributed by atoms with E-state index in [4.69, 9.17) is 12.2 Å². The van der Waals surface area contributed by atoms with E-state index in [-0.39, 0.29) is 5.88 Å². The fraction of sp³-hybridized carbons (Fsp3) is 0.0526. The molecule has 1 aromatic heterocycles. The minimum atomic E-state index is 0.171. The third-order valence-corrected chi connectivity index (χ3v) is 5.32. The van der Waals surface area contributed by atoms with Gasteiger partial charge in [0.05, 0.1) is 16.3 Å². The number of hydrogen-bond donors (Lipinski definition) is 1. The van der Waals surface area contributed by atoms with Gasteiger partial charge in [0.15, 0.2) is 3.95 Å². The highest BCUT2D eigenvalue weighted by Gasteiger charge is 2.16. The van der Waals surface area contributed by atoms with Gasteiger partial charge in [0.2, 0.25) is 5.88 Å². The standard InChI is InChI=1S/C19H14N2OS2/c1-12-6-2-5-9-16(12)21-18(22)17(24-19(21)23)10-13-11-20-15-8-4-3-7-14(13)15/h2-11,22H,1H3/b13-10+. The van der Waals surface area contributed by atoms with Gasteiger partial charge in [-0.15, -0.1) is 11.3 Å². The van der Waals surface area contributed by atoms with Crippen molar-refractivity contribution in [3.05, 3.63) is 68.5 Å². The first-order valence-electron chi connectivity index (χ1n) is 7.51. The summed E-state index contributed by atoms with van der Waals surface area (Å²) in [6.07, 6.45) is 3.77. The zero-order valence-electron chi connectivity index (χ0n) is 12.9. The number of aliphatic imine (C=N–C) groups is 1. The van der Waals surface area contributed by atoms with Crippen molar-refractivity contribution < 1.29 is 5.11 Å². The van der Waals surface area contributed by atoms with E-state index in [0.717, 1.165) is 33.0 Å². The van der Waals surface area contributed by atoms with Gasteiger partial charge in [0, 0.05) is 17.4 Å². The zero-order chi connectivity index (χ0) is 16.7. The topological polar surface area (TPSA) is 37.5 Å². The molecular weight excluding hydrogens is 336 g/mol. The number of aromatic nitrogens is 1. The van der Waals surface area contributed by atoms with E-state index < -0.39 is 0 Å². The van der Waals surface area contributed by atoms with E-state index in [2.05, 4.69) is 4.99 Å². The van der Waals surface area contributed by atoms with Gasteiger partial charge < -0.3 is 5.11 Å². The Morgan fingerprint density at radius 1 is 1.12 bits per heavy atom. The third-order valence-electron chi connectivity index (χ3n) is 4.01. The Morgan fingerprint density at radius 3 is 2.71 bits per heavy atom. The lowest BCUT2D eigenvalue weighted by Crippen LogP contribution is -1.95. The molecule has 1 N–H and O–H groups in total. The molecule has 0 atom stereocenters. The van der Waals surface area contributed by atoms with Crippen molar-refractivity contribution in [2.75, 3.05) is 0 Å². The predicted octanol–water partition coefficient (Wildman–Crippen LogP) is 5.54. The lowest BCUT2D eigenvalue weighted by atomic mass is 10.1. The maximum Gasteiger partial charge on any atom is 0.215 e. The van der Waals surface area contributed by atoms with Crippen LogP contribution in [-0.4, -0.2) is 15.9 Å². The van der Waals surface area contributed by atoms with E-state index in [9.17, 15) is 5.11 Å². The highest BCUT2D eigenvalue weighted by Crippen LogP contribution is 2.37. The second-order valence-electron chi connectivity index (χ2n) is 5.55. The summed E-state index contributed by atoms with van der Waals surface area (Å²) in [5, 5.41) is 10.7. The van der Waals surface area contributed by atoms with Crippen molar-refractivity contribution >= 4 is 47.1 Å². The van der Waals surface area contributed by atoms with Crippen molar-refractivity contribution in [2.24, 2.45) is 4.99 Å². The van der Waals surface area contributed by atoms with Gasteiger partial charge in [-0.2, -0.15) is 0 Å². The first kappa shape index (κ1) is 15.1. The second kappa shape index (κ2) is 5.85. The number of para-hydroxylation sites is 2. The van der Waals surface area contributed by atoms with E-state index in [1.54, 1.807) is 4.57 Å².